The highest BCUT2D eigenvalue weighted by atomic mass is 16.4. The van der Waals surface area contributed by atoms with Crippen molar-refractivity contribution in [3.63, 3.8) is 0 Å². The lowest BCUT2D eigenvalue weighted by atomic mass is 9.69. The molecule has 210 valence electrons. The summed E-state index contributed by atoms with van der Waals surface area (Å²) in [7, 11) is 0. The molecule has 0 radical (unpaired) electrons. The van der Waals surface area contributed by atoms with E-state index < -0.39 is 17.4 Å². The lowest BCUT2D eigenvalue weighted by molar-refractivity contribution is -0.320. The van der Waals surface area contributed by atoms with Crippen molar-refractivity contribution in [1.82, 2.24) is 0 Å². The van der Waals surface area contributed by atoms with Gasteiger partial charge in [-0.3, -0.25) is 0 Å². The van der Waals surface area contributed by atoms with Gasteiger partial charge in [0.1, 0.15) is 11.5 Å². The van der Waals surface area contributed by atoms with Crippen molar-refractivity contribution >= 4 is 11.9 Å². The van der Waals surface area contributed by atoms with Gasteiger partial charge in [0, 0.05) is 17.4 Å². The maximum absolute atomic E-state index is 13.0. The van der Waals surface area contributed by atoms with Crippen LogP contribution in [0.4, 0.5) is 0 Å². The summed E-state index contributed by atoms with van der Waals surface area (Å²) in [6.45, 7) is 19.4. The second kappa shape index (κ2) is 11.0. The molecule has 6 heteroatoms. The lowest BCUT2D eigenvalue weighted by Gasteiger charge is -2.38. The van der Waals surface area contributed by atoms with E-state index in [1.54, 1.807) is 13.8 Å². The van der Waals surface area contributed by atoms with Gasteiger partial charge in [-0.1, -0.05) is 53.7 Å². The van der Waals surface area contributed by atoms with Crippen molar-refractivity contribution < 1.29 is 30.0 Å². The minimum Gasteiger partial charge on any atom is -0.550 e. The molecule has 0 amide bonds. The summed E-state index contributed by atoms with van der Waals surface area (Å²) < 4.78 is 0. The first kappa shape index (κ1) is 31.2. The van der Waals surface area contributed by atoms with Crippen LogP contribution >= 0.6 is 0 Å². The topological polar surface area (TPSA) is 121 Å². The van der Waals surface area contributed by atoms with E-state index in [-0.39, 0.29) is 54.4 Å². The molecule has 0 bridgehead atoms. The number of rotatable bonds is 9. The Morgan fingerprint density at radius 2 is 1.11 bits per heavy atom. The Kier molecular flexibility index (Phi) is 9.03. The third-order valence-electron chi connectivity index (χ3n) is 7.92. The highest BCUT2D eigenvalue weighted by molar-refractivity contribution is 5.75. The summed E-state index contributed by atoms with van der Waals surface area (Å²) in [5.41, 5.74) is 3.83. The summed E-state index contributed by atoms with van der Waals surface area (Å²) in [6, 6.07) is 3.80. The van der Waals surface area contributed by atoms with E-state index in [9.17, 15) is 30.0 Å². The van der Waals surface area contributed by atoms with Gasteiger partial charge in [0.2, 0.25) is 0 Å². The van der Waals surface area contributed by atoms with Crippen LogP contribution in [0.5, 0.6) is 11.5 Å². The number of phenolic OH excluding ortho intramolecular Hbond substituents is 2. The molecule has 0 saturated carbocycles. The molecule has 2 rings (SSSR count). The predicted molar refractivity (Wildman–Crippen MR) is 146 cm³/mol. The Hall–Kier alpha value is -3.02. The van der Waals surface area contributed by atoms with E-state index in [0.29, 0.717) is 22.3 Å². The number of hydrogen-bond acceptors (Lipinski definition) is 6. The molecule has 0 fully saturated rings. The SMILES string of the molecule is Cc1cc(C(C)(C)C)c(O)c(C)c1CC(CCCC(=O)[O-])(Cc1c(C)cc(C(C)(C)C)c(O)c1C)C(=O)[O-]. The molecule has 0 aliphatic heterocycles. The zero-order chi connectivity index (χ0) is 29.4. The van der Waals surface area contributed by atoms with Gasteiger partial charge in [0.15, 0.2) is 0 Å². The number of aromatic hydroxyl groups is 2. The Morgan fingerprint density at radius 1 is 0.737 bits per heavy atom. The summed E-state index contributed by atoms with van der Waals surface area (Å²) >= 11 is 0. The van der Waals surface area contributed by atoms with Crippen LogP contribution in [-0.4, -0.2) is 22.2 Å². The van der Waals surface area contributed by atoms with Gasteiger partial charge < -0.3 is 30.0 Å². The fourth-order valence-corrected chi connectivity index (χ4v) is 5.45. The maximum Gasteiger partial charge on any atom is 0.122 e. The average Bonchev–Trinajstić information content (AvgIpc) is 2.76. The number of hydrogen-bond donors (Lipinski definition) is 2. The van der Waals surface area contributed by atoms with Crippen LogP contribution in [0.15, 0.2) is 12.1 Å². The summed E-state index contributed by atoms with van der Waals surface area (Å²) in [5.74, 6) is -2.25. The third-order valence-corrected chi connectivity index (χ3v) is 7.92. The first-order chi connectivity index (χ1) is 17.2. The molecule has 0 aliphatic carbocycles. The first-order valence-corrected chi connectivity index (χ1v) is 13.3. The van der Waals surface area contributed by atoms with Gasteiger partial charge in [-0.05, 0) is 115 Å². The number of aliphatic carboxylic acids is 2. The fraction of sp³-hybridized carbons (Fsp3) is 0.562. The first-order valence-electron chi connectivity index (χ1n) is 13.3. The Morgan fingerprint density at radius 3 is 1.39 bits per heavy atom. The van der Waals surface area contributed by atoms with Crippen molar-refractivity contribution in [2.75, 3.05) is 0 Å². The highest BCUT2D eigenvalue weighted by Crippen LogP contribution is 2.43. The second-order valence-corrected chi connectivity index (χ2v) is 13.0. The maximum atomic E-state index is 13.0. The van der Waals surface area contributed by atoms with E-state index in [2.05, 4.69) is 0 Å². The summed E-state index contributed by atoms with van der Waals surface area (Å²) in [6.07, 6.45) is -0.0139. The normalized spacial score (nSPS) is 12.6. The molecule has 0 heterocycles. The molecule has 2 aromatic rings. The van der Waals surface area contributed by atoms with Crippen LogP contribution in [0.2, 0.25) is 0 Å². The standard InChI is InChI=1S/C32H46O6/c1-18-14-24(30(5,6)7)27(35)20(3)22(18)16-32(29(37)38,13-11-12-26(33)34)17-23-19(2)15-25(31(8,9)10)28(36)21(23)4/h14-15,35-36H,11-13,16-17H2,1-10H3,(H,33,34)(H,37,38)/p-2. The fourth-order valence-electron chi connectivity index (χ4n) is 5.45. The van der Waals surface area contributed by atoms with E-state index in [4.69, 9.17) is 0 Å². The second-order valence-electron chi connectivity index (χ2n) is 13.0. The van der Waals surface area contributed by atoms with Crippen molar-refractivity contribution in [1.29, 1.82) is 0 Å². The zero-order valence-corrected chi connectivity index (χ0v) is 24.7. The number of phenols is 2. The molecular weight excluding hydrogens is 480 g/mol. The third kappa shape index (κ3) is 6.51. The molecular formula is C32H44O6-2. The van der Waals surface area contributed by atoms with Gasteiger partial charge in [-0.15, -0.1) is 0 Å². The number of benzene rings is 2. The van der Waals surface area contributed by atoms with E-state index in [1.165, 1.54) is 0 Å². The molecule has 2 aromatic carbocycles. The van der Waals surface area contributed by atoms with Gasteiger partial charge in [-0.2, -0.15) is 0 Å². The van der Waals surface area contributed by atoms with Crippen LogP contribution in [0.25, 0.3) is 0 Å². The molecule has 2 N–H and O–H groups in total. The number of carboxylic acids is 2. The highest BCUT2D eigenvalue weighted by Gasteiger charge is 2.36. The predicted octanol–water partition coefficient (Wildman–Crippen LogP) is 4.37. The largest absolute Gasteiger partial charge is 0.550 e. The molecule has 0 aliphatic rings. The van der Waals surface area contributed by atoms with Crippen molar-refractivity contribution in [2.45, 2.75) is 112 Å². The molecule has 0 spiro atoms. The Bertz CT molecular complexity index is 1150. The monoisotopic (exact) mass is 524 g/mol. The van der Waals surface area contributed by atoms with Crippen LogP contribution in [0, 0.1) is 33.1 Å². The molecule has 38 heavy (non-hydrogen) atoms. The van der Waals surface area contributed by atoms with Gasteiger partial charge in [0.05, 0.1) is 0 Å². The minimum absolute atomic E-state index is 0.0463. The van der Waals surface area contributed by atoms with Crippen LogP contribution in [0.3, 0.4) is 0 Å². The van der Waals surface area contributed by atoms with Crippen LogP contribution in [0.1, 0.15) is 105 Å². The average molecular weight is 525 g/mol. The van der Waals surface area contributed by atoms with Crippen LogP contribution < -0.4 is 10.2 Å². The van der Waals surface area contributed by atoms with Gasteiger partial charge in [-0.25, -0.2) is 0 Å². The Labute approximate surface area is 227 Å². The number of carboxylic acid groups (broad SMARTS) is 2. The van der Waals surface area contributed by atoms with Crippen LogP contribution in [-0.2, 0) is 33.3 Å². The molecule has 0 saturated heterocycles. The quantitative estimate of drug-likeness (QED) is 0.503. The zero-order valence-electron chi connectivity index (χ0n) is 24.7. The summed E-state index contributed by atoms with van der Waals surface area (Å²) in [5, 5.41) is 46.3. The molecule has 0 atom stereocenters. The number of aryl methyl sites for hydroxylation is 2. The van der Waals surface area contributed by atoms with Gasteiger partial charge >= 0.3 is 0 Å². The van der Waals surface area contributed by atoms with E-state index in [1.807, 2.05) is 67.5 Å². The van der Waals surface area contributed by atoms with E-state index >= 15 is 0 Å². The van der Waals surface area contributed by atoms with Crippen molar-refractivity contribution in [2.24, 2.45) is 5.41 Å². The molecule has 0 aromatic heterocycles. The minimum atomic E-state index is -1.47. The molecule has 6 nitrogen and oxygen atoms in total. The lowest BCUT2D eigenvalue weighted by Crippen LogP contribution is -2.46. The summed E-state index contributed by atoms with van der Waals surface area (Å²) in [4.78, 5) is 24.2. The molecule has 0 unspecified atom stereocenters. The van der Waals surface area contributed by atoms with Crippen molar-refractivity contribution in [3.05, 3.63) is 56.6 Å². The smallest absolute Gasteiger partial charge is 0.122 e. The number of carbonyl (C=O) groups is 2. The Balaban J connectivity index is 2.75. The van der Waals surface area contributed by atoms with E-state index in [0.717, 1.165) is 22.3 Å². The number of carbonyl (C=O) groups excluding carboxylic acids is 2. The van der Waals surface area contributed by atoms with Gasteiger partial charge in [0.25, 0.3) is 0 Å². The van der Waals surface area contributed by atoms with Crippen molar-refractivity contribution in [3.8, 4) is 11.5 Å².